The third-order valence-corrected chi connectivity index (χ3v) is 3.88. The molecule has 1 N–H and O–H groups in total. The van der Waals surface area contributed by atoms with E-state index >= 15 is 0 Å². The molecule has 0 aliphatic carbocycles. The van der Waals surface area contributed by atoms with Crippen LogP contribution in [-0.2, 0) is 19.2 Å². The van der Waals surface area contributed by atoms with Gasteiger partial charge < -0.3 is 9.64 Å². The molecule has 140 valence electrons. The van der Waals surface area contributed by atoms with E-state index in [1.165, 1.54) is 12.1 Å². The Labute approximate surface area is 150 Å². The van der Waals surface area contributed by atoms with Gasteiger partial charge in [-0.3, -0.25) is 30.0 Å². The highest BCUT2D eigenvalue weighted by atomic mass is 16.7. The predicted octanol–water partition coefficient (Wildman–Crippen LogP) is 1.64. The lowest BCUT2D eigenvalue weighted by Crippen LogP contribution is -2.34. The van der Waals surface area contributed by atoms with Crippen LogP contribution in [0.25, 0.3) is 5.70 Å². The Bertz CT molecular complexity index is 714. The topological polar surface area (TPSA) is 111 Å². The lowest BCUT2D eigenvalue weighted by atomic mass is 10.1. The first-order valence-corrected chi connectivity index (χ1v) is 8.26. The number of nitro benzene ring substituents is 1. The van der Waals surface area contributed by atoms with Crippen molar-refractivity contribution in [3.8, 4) is 0 Å². The summed E-state index contributed by atoms with van der Waals surface area (Å²) >= 11 is 0. The van der Waals surface area contributed by atoms with Gasteiger partial charge in [-0.1, -0.05) is 12.1 Å². The van der Waals surface area contributed by atoms with Crippen LogP contribution in [0.1, 0.15) is 25.8 Å². The number of hydrogen-bond donors (Lipinski definition) is 1. The van der Waals surface area contributed by atoms with Crippen molar-refractivity contribution >= 4 is 23.3 Å². The van der Waals surface area contributed by atoms with Gasteiger partial charge in [-0.05, 0) is 19.9 Å². The normalized spacial score (nSPS) is 15.8. The molecule has 0 aromatic heterocycles. The standard InChI is InChI=1S/C17H21N3O6/c1-3-19(4-2)16(21)11-25-17(22)10-14-9-15(18-26-14)12-6-5-7-13(8-12)20(23)24/h5-9,14,18H,3-4,10-11H2,1-2H3. The van der Waals surface area contributed by atoms with Gasteiger partial charge in [0.25, 0.3) is 11.6 Å². The van der Waals surface area contributed by atoms with Crippen LogP contribution in [0, 0.1) is 10.1 Å². The zero-order valence-corrected chi connectivity index (χ0v) is 14.6. The number of likely N-dealkylation sites (N-methyl/N-ethyl adjacent to an activating group) is 1. The minimum absolute atomic E-state index is 0.0389. The highest BCUT2D eigenvalue weighted by molar-refractivity contribution is 5.81. The summed E-state index contributed by atoms with van der Waals surface area (Å²) < 4.78 is 4.99. The minimum Gasteiger partial charge on any atom is -0.455 e. The predicted molar refractivity (Wildman–Crippen MR) is 92.6 cm³/mol. The Balaban J connectivity index is 1.89. The van der Waals surface area contributed by atoms with E-state index < -0.39 is 17.0 Å². The maximum atomic E-state index is 11.9. The molecule has 1 atom stereocenters. The van der Waals surface area contributed by atoms with Crippen molar-refractivity contribution in [3.05, 3.63) is 46.0 Å². The fourth-order valence-corrected chi connectivity index (χ4v) is 2.47. The fraction of sp³-hybridized carbons (Fsp3) is 0.412. The van der Waals surface area contributed by atoms with Gasteiger partial charge in [-0.25, -0.2) is 0 Å². The number of nitrogens with one attached hydrogen (secondary N) is 1. The van der Waals surface area contributed by atoms with E-state index in [0.29, 0.717) is 24.4 Å². The van der Waals surface area contributed by atoms with Gasteiger partial charge >= 0.3 is 5.97 Å². The molecule has 1 aromatic carbocycles. The zero-order chi connectivity index (χ0) is 19.1. The molecule has 0 bridgehead atoms. The number of non-ortho nitro benzene ring substituents is 1. The minimum atomic E-state index is -0.583. The Morgan fingerprint density at radius 2 is 2.08 bits per heavy atom. The third-order valence-electron chi connectivity index (χ3n) is 3.88. The molecule has 1 unspecified atom stereocenters. The maximum absolute atomic E-state index is 11.9. The average Bonchev–Trinajstić information content (AvgIpc) is 3.09. The number of amides is 1. The van der Waals surface area contributed by atoms with Crippen LogP contribution < -0.4 is 5.48 Å². The second-order valence-electron chi connectivity index (χ2n) is 5.58. The van der Waals surface area contributed by atoms with Crippen LogP contribution >= 0.6 is 0 Å². The highest BCUT2D eigenvalue weighted by Crippen LogP contribution is 2.23. The van der Waals surface area contributed by atoms with E-state index in [2.05, 4.69) is 5.48 Å². The number of hydroxylamine groups is 1. The van der Waals surface area contributed by atoms with E-state index in [9.17, 15) is 19.7 Å². The number of esters is 1. The van der Waals surface area contributed by atoms with Gasteiger partial charge in [0.1, 0.15) is 6.10 Å². The smallest absolute Gasteiger partial charge is 0.309 e. The third kappa shape index (κ3) is 5.03. The van der Waals surface area contributed by atoms with Crippen LogP contribution in [0.5, 0.6) is 0 Å². The number of benzene rings is 1. The summed E-state index contributed by atoms with van der Waals surface area (Å²) in [6, 6.07) is 6.06. The lowest BCUT2D eigenvalue weighted by Gasteiger charge is -2.18. The molecule has 0 spiro atoms. The van der Waals surface area contributed by atoms with Gasteiger partial charge in [0.2, 0.25) is 0 Å². The quantitative estimate of drug-likeness (QED) is 0.424. The molecule has 2 rings (SSSR count). The largest absolute Gasteiger partial charge is 0.455 e. The SMILES string of the molecule is CCN(CC)C(=O)COC(=O)CC1C=C(c2cccc([N+](=O)[O-])c2)NO1. The van der Waals surface area contributed by atoms with E-state index in [4.69, 9.17) is 9.57 Å². The second kappa shape index (κ2) is 8.95. The molecule has 1 aliphatic heterocycles. The number of carbonyl (C=O) groups is 2. The molecule has 9 nitrogen and oxygen atoms in total. The molecular weight excluding hydrogens is 342 g/mol. The molecule has 1 aliphatic rings. The number of carbonyl (C=O) groups excluding carboxylic acids is 2. The molecule has 0 saturated carbocycles. The monoisotopic (exact) mass is 363 g/mol. The Morgan fingerprint density at radius 1 is 1.35 bits per heavy atom. The van der Waals surface area contributed by atoms with Crippen molar-refractivity contribution in [3.63, 3.8) is 0 Å². The molecule has 0 saturated heterocycles. The van der Waals surface area contributed by atoms with E-state index in [1.54, 1.807) is 23.1 Å². The van der Waals surface area contributed by atoms with Crippen LogP contribution in [0.3, 0.4) is 0 Å². The van der Waals surface area contributed by atoms with Gasteiger partial charge in [0, 0.05) is 30.8 Å². The first kappa shape index (κ1) is 19.4. The van der Waals surface area contributed by atoms with Crippen molar-refractivity contribution in [1.29, 1.82) is 0 Å². The van der Waals surface area contributed by atoms with Crippen molar-refractivity contribution in [2.24, 2.45) is 0 Å². The summed E-state index contributed by atoms with van der Waals surface area (Å²) in [6.07, 6.45) is 0.990. The van der Waals surface area contributed by atoms with E-state index in [0.717, 1.165) is 0 Å². The summed E-state index contributed by atoms with van der Waals surface area (Å²) in [7, 11) is 0. The molecule has 1 amide bonds. The zero-order valence-electron chi connectivity index (χ0n) is 14.6. The van der Waals surface area contributed by atoms with Crippen molar-refractivity contribution in [1.82, 2.24) is 10.4 Å². The van der Waals surface area contributed by atoms with E-state index in [1.807, 2.05) is 13.8 Å². The molecule has 26 heavy (non-hydrogen) atoms. The molecular formula is C17H21N3O6. The summed E-state index contributed by atoms with van der Waals surface area (Å²) in [5.41, 5.74) is 3.72. The first-order chi connectivity index (χ1) is 12.4. The van der Waals surface area contributed by atoms with Crippen LogP contribution in [0.15, 0.2) is 30.3 Å². The van der Waals surface area contributed by atoms with Crippen LogP contribution in [0.2, 0.25) is 0 Å². The Morgan fingerprint density at radius 3 is 2.73 bits per heavy atom. The van der Waals surface area contributed by atoms with Crippen LogP contribution in [0.4, 0.5) is 5.69 Å². The summed E-state index contributed by atoms with van der Waals surface area (Å²) in [5.74, 6) is -0.810. The molecule has 9 heteroatoms. The number of rotatable bonds is 8. The molecule has 0 fully saturated rings. The number of ether oxygens (including phenoxy) is 1. The second-order valence-corrected chi connectivity index (χ2v) is 5.58. The summed E-state index contributed by atoms with van der Waals surface area (Å²) in [5, 5.41) is 10.8. The Hall–Kier alpha value is -2.94. The number of nitro groups is 1. The van der Waals surface area contributed by atoms with Gasteiger partial charge in [-0.15, -0.1) is 0 Å². The average molecular weight is 363 g/mol. The number of nitrogens with zero attached hydrogens (tertiary/aromatic N) is 2. The van der Waals surface area contributed by atoms with Crippen LogP contribution in [-0.4, -0.2) is 47.5 Å². The first-order valence-electron chi connectivity index (χ1n) is 8.26. The van der Waals surface area contributed by atoms with E-state index in [-0.39, 0.29) is 24.6 Å². The Kier molecular flexibility index (Phi) is 6.67. The summed E-state index contributed by atoms with van der Waals surface area (Å²) in [6.45, 7) is 4.50. The van der Waals surface area contributed by atoms with Gasteiger partial charge in [0.05, 0.1) is 17.0 Å². The lowest BCUT2D eigenvalue weighted by molar-refractivity contribution is -0.384. The van der Waals surface area contributed by atoms with Crippen molar-refractivity contribution in [2.45, 2.75) is 26.4 Å². The van der Waals surface area contributed by atoms with Gasteiger partial charge in [0.15, 0.2) is 6.61 Å². The van der Waals surface area contributed by atoms with Crippen molar-refractivity contribution in [2.75, 3.05) is 19.7 Å². The fourth-order valence-electron chi connectivity index (χ4n) is 2.47. The summed E-state index contributed by atoms with van der Waals surface area (Å²) in [4.78, 5) is 40.9. The van der Waals surface area contributed by atoms with Gasteiger partial charge in [-0.2, -0.15) is 0 Å². The molecule has 1 aromatic rings. The maximum Gasteiger partial charge on any atom is 0.309 e. The molecule has 1 heterocycles. The number of hydrogen-bond acceptors (Lipinski definition) is 7. The van der Waals surface area contributed by atoms with Crippen molar-refractivity contribution < 1.29 is 24.1 Å². The highest BCUT2D eigenvalue weighted by Gasteiger charge is 2.23. The molecule has 0 radical (unpaired) electrons.